The van der Waals surface area contributed by atoms with E-state index in [1.807, 2.05) is 24.3 Å². The summed E-state index contributed by atoms with van der Waals surface area (Å²) >= 11 is 0. The van der Waals surface area contributed by atoms with Gasteiger partial charge in [0.25, 0.3) is 0 Å². The van der Waals surface area contributed by atoms with Crippen LogP contribution in [0.1, 0.15) is 32.1 Å². The van der Waals surface area contributed by atoms with Crippen molar-refractivity contribution in [2.75, 3.05) is 51.3 Å². The van der Waals surface area contributed by atoms with E-state index in [2.05, 4.69) is 15.1 Å². The smallest absolute Gasteiger partial charge is 0.238 e. The summed E-state index contributed by atoms with van der Waals surface area (Å²) in [5.74, 6) is 0.914. The van der Waals surface area contributed by atoms with Gasteiger partial charge in [-0.3, -0.25) is 9.69 Å². The molecule has 2 saturated heterocycles. The number of carbonyl (C=O) groups is 1. The monoisotopic (exact) mass is 373 g/mol. The van der Waals surface area contributed by atoms with Crippen LogP contribution < -0.4 is 10.1 Å². The Balaban J connectivity index is 1.20. The molecular weight excluding hydrogens is 342 g/mol. The predicted octanol–water partition coefficient (Wildman–Crippen LogP) is 2.35. The molecule has 6 nitrogen and oxygen atoms in total. The number of hydrogen-bond donors (Lipinski definition) is 1. The van der Waals surface area contributed by atoms with E-state index in [-0.39, 0.29) is 5.91 Å². The normalized spacial score (nSPS) is 23.0. The number of amides is 1. The molecule has 1 amide bonds. The minimum absolute atomic E-state index is 0.0222. The second-order valence-corrected chi connectivity index (χ2v) is 7.90. The molecule has 0 spiro atoms. The second kappa shape index (κ2) is 9.04. The average Bonchev–Trinajstić information content (AvgIpc) is 2.64. The van der Waals surface area contributed by atoms with Crippen molar-refractivity contribution in [1.82, 2.24) is 9.80 Å². The molecule has 1 N–H and O–H groups in total. The maximum atomic E-state index is 12.2. The Morgan fingerprint density at radius 3 is 2.37 bits per heavy atom. The third kappa shape index (κ3) is 5.21. The highest BCUT2D eigenvalue weighted by molar-refractivity contribution is 5.92. The molecule has 0 radical (unpaired) electrons. The van der Waals surface area contributed by atoms with Gasteiger partial charge in [-0.05, 0) is 49.9 Å². The molecular formula is C21H31N3O3. The molecule has 4 rings (SSSR count). The Morgan fingerprint density at radius 1 is 1.04 bits per heavy atom. The summed E-state index contributed by atoms with van der Waals surface area (Å²) in [6.45, 7) is 5.79. The first-order chi connectivity index (χ1) is 13.3. The van der Waals surface area contributed by atoms with E-state index < -0.39 is 0 Å². The third-order valence-corrected chi connectivity index (χ3v) is 5.98. The van der Waals surface area contributed by atoms with Crippen LogP contribution in [0.25, 0.3) is 0 Å². The van der Waals surface area contributed by atoms with E-state index in [0.29, 0.717) is 25.9 Å². The van der Waals surface area contributed by atoms with Gasteiger partial charge in [0.15, 0.2) is 0 Å². The van der Waals surface area contributed by atoms with Crippen LogP contribution in [0.4, 0.5) is 5.69 Å². The number of anilines is 1. The maximum absolute atomic E-state index is 12.2. The summed E-state index contributed by atoms with van der Waals surface area (Å²) in [4.78, 5) is 16.9. The van der Waals surface area contributed by atoms with Crippen molar-refractivity contribution in [3.8, 4) is 5.75 Å². The van der Waals surface area contributed by atoms with Gasteiger partial charge in [-0.2, -0.15) is 0 Å². The largest absolute Gasteiger partial charge is 0.490 e. The molecule has 1 aliphatic carbocycles. The molecule has 0 atom stereocenters. The van der Waals surface area contributed by atoms with Crippen molar-refractivity contribution in [2.45, 2.75) is 44.2 Å². The fourth-order valence-electron chi connectivity index (χ4n) is 4.08. The van der Waals surface area contributed by atoms with Crippen molar-refractivity contribution in [2.24, 2.45) is 0 Å². The van der Waals surface area contributed by atoms with Crippen LogP contribution in [-0.4, -0.2) is 73.8 Å². The molecule has 1 aromatic carbocycles. The van der Waals surface area contributed by atoms with Crippen molar-refractivity contribution in [3.05, 3.63) is 24.3 Å². The van der Waals surface area contributed by atoms with E-state index in [9.17, 15) is 4.79 Å². The zero-order valence-corrected chi connectivity index (χ0v) is 16.1. The first kappa shape index (κ1) is 18.7. The summed E-state index contributed by atoms with van der Waals surface area (Å²) in [5.41, 5.74) is 0.820. The van der Waals surface area contributed by atoms with E-state index >= 15 is 0 Å². The minimum Gasteiger partial charge on any atom is -0.490 e. The molecule has 0 unspecified atom stereocenters. The number of nitrogens with one attached hydrogen (secondary N) is 1. The van der Waals surface area contributed by atoms with Crippen LogP contribution >= 0.6 is 0 Å². The fourth-order valence-corrected chi connectivity index (χ4v) is 4.08. The van der Waals surface area contributed by atoms with Crippen LogP contribution in [0.2, 0.25) is 0 Å². The van der Waals surface area contributed by atoms with Gasteiger partial charge in [0.1, 0.15) is 11.9 Å². The highest BCUT2D eigenvalue weighted by atomic mass is 16.5. The zero-order valence-electron chi connectivity index (χ0n) is 16.1. The second-order valence-electron chi connectivity index (χ2n) is 7.90. The standard InChI is InChI=1S/C21H31N3O3/c25-21(16-23-12-14-26-15-13-23)22-17-4-6-19(7-5-17)27-20-8-10-24(11-9-20)18-2-1-3-18/h4-7,18,20H,1-3,8-16H2,(H,22,25). The lowest BCUT2D eigenvalue weighted by Crippen LogP contribution is -2.46. The molecule has 2 heterocycles. The fraction of sp³-hybridized carbons (Fsp3) is 0.667. The van der Waals surface area contributed by atoms with E-state index in [0.717, 1.165) is 56.5 Å². The van der Waals surface area contributed by atoms with Crippen LogP contribution in [0.15, 0.2) is 24.3 Å². The number of nitrogens with zero attached hydrogens (tertiary/aromatic N) is 2. The van der Waals surface area contributed by atoms with E-state index in [1.165, 1.54) is 19.3 Å². The van der Waals surface area contributed by atoms with Gasteiger partial charge in [-0.15, -0.1) is 0 Å². The quantitative estimate of drug-likeness (QED) is 0.830. The molecule has 6 heteroatoms. The van der Waals surface area contributed by atoms with Gasteiger partial charge in [-0.1, -0.05) is 6.42 Å². The first-order valence-electron chi connectivity index (χ1n) is 10.4. The average molecular weight is 373 g/mol. The molecule has 3 fully saturated rings. The highest BCUT2D eigenvalue weighted by Gasteiger charge is 2.29. The number of morpholine rings is 1. The van der Waals surface area contributed by atoms with Gasteiger partial charge in [0.05, 0.1) is 19.8 Å². The van der Waals surface area contributed by atoms with E-state index in [4.69, 9.17) is 9.47 Å². The van der Waals surface area contributed by atoms with Gasteiger partial charge in [0, 0.05) is 37.9 Å². The van der Waals surface area contributed by atoms with Crippen molar-refractivity contribution >= 4 is 11.6 Å². The maximum Gasteiger partial charge on any atom is 0.238 e. The number of hydrogen-bond acceptors (Lipinski definition) is 5. The molecule has 0 aromatic heterocycles. The minimum atomic E-state index is 0.0222. The number of carbonyl (C=O) groups excluding carboxylic acids is 1. The number of rotatable bonds is 6. The molecule has 0 bridgehead atoms. The predicted molar refractivity (Wildman–Crippen MR) is 105 cm³/mol. The van der Waals surface area contributed by atoms with Crippen molar-refractivity contribution in [1.29, 1.82) is 0 Å². The molecule has 1 aromatic rings. The summed E-state index contributed by atoms with van der Waals surface area (Å²) in [6.07, 6.45) is 6.68. The third-order valence-electron chi connectivity index (χ3n) is 5.98. The van der Waals surface area contributed by atoms with Gasteiger partial charge in [-0.25, -0.2) is 0 Å². The molecule has 148 valence electrons. The number of benzene rings is 1. The van der Waals surface area contributed by atoms with Crippen LogP contribution in [-0.2, 0) is 9.53 Å². The van der Waals surface area contributed by atoms with Gasteiger partial charge < -0.3 is 19.7 Å². The number of likely N-dealkylation sites (tertiary alicyclic amines) is 1. The van der Waals surface area contributed by atoms with E-state index in [1.54, 1.807) is 0 Å². The highest BCUT2D eigenvalue weighted by Crippen LogP contribution is 2.28. The Bertz CT molecular complexity index is 604. The van der Waals surface area contributed by atoms with Crippen LogP contribution in [0.3, 0.4) is 0 Å². The van der Waals surface area contributed by atoms with Crippen LogP contribution in [0, 0.1) is 0 Å². The Hall–Kier alpha value is -1.63. The lowest BCUT2D eigenvalue weighted by molar-refractivity contribution is -0.118. The molecule has 27 heavy (non-hydrogen) atoms. The number of piperidine rings is 1. The summed E-state index contributed by atoms with van der Waals surface area (Å²) in [7, 11) is 0. The summed E-state index contributed by atoms with van der Waals surface area (Å²) in [5, 5.41) is 2.97. The zero-order chi connectivity index (χ0) is 18.5. The summed E-state index contributed by atoms with van der Waals surface area (Å²) in [6, 6.07) is 8.61. The van der Waals surface area contributed by atoms with Crippen molar-refractivity contribution < 1.29 is 14.3 Å². The Kier molecular flexibility index (Phi) is 6.27. The molecule has 2 aliphatic heterocycles. The summed E-state index contributed by atoms with van der Waals surface area (Å²) < 4.78 is 11.5. The molecule has 1 saturated carbocycles. The topological polar surface area (TPSA) is 54.0 Å². The lowest BCUT2D eigenvalue weighted by atomic mass is 9.90. The SMILES string of the molecule is O=C(CN1CCOCC1)Nc1ccc(OC2CCN(C3CCC3)CC2)cc1. The molecule has 3 aliphatic rings. The Labute approximate surface area is 161 Å². The van der Waals surface area contributed by atoms with Crippen LogP contribution in [0.5, 0.6) is 5.75 Å². The van der Waals surface area contributed by atoms with Gasteiger partial charge in [0.2, 0.25) is 5.91 Å². The first-order valence-corrected chi connectivity index (χ1v) is 10.4. The van der Waals surface area contributed by atoms with Gasteiger partial charge >= 0.3 is 0 Å². The lowest BCUT2D eigenvalue weighted by Gasteiger charge is -2.41. The number of ether oxygens (including phenoxy) is 2. The Morgan fingerprint density at radius 2 is 1.74 bits per heavy atom. The van der Waals surface area contributed by atoms with Crippen molar-refractivity contribution in [3.63, 3.8) is 0 Å².